The van der Waals surface area contributed by atoms with Crippen molar-refractivity contribution < 1.29 is 19.4 Å². The molecule has 3 aromatic carbocycles. The third kappa shape index (κ3) is 5.13. The highest BCUT2D eigenvalue weighted by Gasteiger charge is 2.22. The highest BCUT2D eigenvalue weighted by atomic mass is 16.5. The first-order valence-corrected chi connectivity index (χ1v) is 9.71. The number of benzene rings is 3. The van der Waals surface area contributed by atoms with Gasteiger partial charge in [-0.05, 0) is 43.7 Å². The van der Waals surface area contributed by atoms with Crippen LogP contribution in [0.3, 0.4) is 0 Å². The van der Waals surface area contributed by atoms with Gasteiger partial charge in [0.1, 0.15) is 11.3 Å². The van der Waals surface area contributed by atoms with Gasteiger partial charge in [-0.15, -0.1) is 0 Å². The molecule has 5 nitrogen and oxygen atoms in total. The number of phenols is 1. The maximum absolute atomic E-state index is 12.5. The summed E-state index contributed by atoms with van der Waals surface area (Å²) < 4.78 is 5.28. The zero-order valence-corrected chi connectivity index (χ0v) is 16.6. The fraction of sp³-hybridized carbons (Fsp3) is 0.250. The second-order valence-corrected chi connectivity index (χ2v) is 7.16. The Morgan fingerprint density at radius 2 is 1.66 bits per heavy atom. The van der Waals surface area contributed by atoms with Crippen LogP contribution in [0, 0.1) is 0 Å². The number of carbonyl (C=O) groups excluding carboxylic acids is 2. The Morgan fingerprint density at radius 3 is 2.41 bits per heavy atom. The molecule has 150 valence electrons. The number of nitrogens with one attached hydrogen (secondary N) is 1. The molecule has 3 aromatic rings. The van der Waals surface area contributed by atoms with E-state index in [0.29, 0.717) is 5.39 Å². The molecule has 0 fully saturated rings. The number of rotatable bonds is 7. The van der Waals surface area contributed by atoms with Crippen LogP contribution < -0.4 is 5.32 Å². The zero-order chi connectivity index (χ0) is 20.8. The molecule has 29 heavy (non-hydrogen) atoms. The maximum atomic E-state index is 12.5. The number of phenolic OH excluding ortho intramolecular Hbond substituents is 1. The van der Waals surface area contributed by atoms with Crippen molar-refractivity contribution in [3.63, 3.8) is 0 Å². The minimum atomic E-state index is -0.965. The number of esters is 1. The predicted molar refractivity (Wildman–Crippen MR) is 113 cm³/mol. The van der Waals surface area contributed by atoms with Gasteiger partial charge in [-0.2, -0.15) is 0 Å². The lowest BCUT2D eigenvalue weighted by atomic mass is 10.1. The van der Waals surface area contributed by atoms with Crippen molar-refractivity contribution in [3.05, 3.63) is 77.9 Å². The maximum Gasteiger partial charge on any atom is 0.342 e. The average Bonchev–Trinajstić information content (AvgIpc) is 2.73. The highest BCUT2D eigenvalue weighted by Crippen LogP contribution is 2.29. The Morgan fingerprint density at radius 1 is 0.966 bits per heavy atom. The standard InChI is InChI=1S/C24H25NO4/c1-16(12-13-18-8-4-3-5-9-18)25-23(27)17(2)29-24(28)21-15-14-19-10-6-7-11-20(19)22(21)26/h3-11,14-17,26H,12-13H2,1-2H3,(H,25,27)/t16-,17-/m0/s1. The largest absolute Gasteiger partial charge is 0.506 e. The van der Waals surface area contributed by atoms with E-state index in [0.717, 1.165) is 18.2 Å². The Hall–Kier alpha value is -3.34. The molecular formula is C24H25NO4. The lowest BCUT2D eigenvalue weighted by molar-refractivity contribution is -0.129. The number of hydrogen-bond donors (Lipinski definition) is 2. The van der Waals surface area contributed by atoms with Crippen LogP contribution in [0.5, 0.6) is 5.75 Å². The van der Waals surface area contributed by atoms with E-state index in [2.05, 4.69) is 17.4 Å². The molecule has 0 unspecified atom stereocenters. The summed E-state index contributed by atoms with van der Waals surface area (Å²) in [6, 6.07) is 20.4. The van der Waals surface area contributed by atoms with Crippen LogP contribution in [0.4, 0.5) is 0 Å². The van der Waals surface area contributed by atoms with E-state index in [1.54, 1.807) is 18.2 Å². The molecule has 3 rings (SSSR count). The van der Waals surface area contributed by atoms with Crippen molar-refractivity contribution in [1.82, 2.24) is 5.32 Å². The molecule has 0 radical (unpaired) electrons. The number of amides is 1. The number of fused-ring (bicyclic) bond motifs is 1. The van der Waals surface area contributed by atoms with Crippen LogP contribution in [0.1, 0.15) is 36.2 Å². The van der Waals surface area contributed by atoms with Gasteiger partial charge in [-0.3, -0.25) is 4.79 Å². The quantitative estimate of drug-likeness (QED) is 0.591. The molecule has 0 aliphatic carbocycles. The first kappa shape index (κ1) is 20.4. The molecule has 0 aromatic heterocycles. The summed E-state index contributed by atoms with van der Waals surface area (Å²) in [7, 11) is 0. The lowest BCUT2D eigenvalue weighted by Crippen LogP contribution is -2.41. The van der Waals surface area contributed by atoms with Crippen molar-refractivity contribution >= 4 is 22.6 Å². The minimum Gasteiger partial charge on any atom is -0.506 e. The van der Waals surface area contributed by atoms with Gasteiger partial charge < -0.3 is 15.2 Å². The van der Waals surface area contributed by atoms with Gasteiger partial charge in [0.25, 0.3) is 5.91 Å². The number of aryl methyl sites for hydroxylation is 1. The fourth-order valence-electron chi connectivity index (χ4n) is 3.16. The Labute approximate surface area is 170 Å². The highest BCUT2D eigenvalue weighted by molar-refractivity contribution is 6.01. The summed E-state index contributed by atoms with van der Waals surface area (Å²) in [6.07, 6.45) is 0.663. The van der Waals surface area contributed by atoms with E-state index in [1.807, 2.05) is 37.3 Å². The van der Waals surface area contributed by atoms with E-state index in [-0.39, 0.29) is 23.3 Å². The molecule has 0 spiro atoms. The average molecular weight is 391 g/mol. The van der Waals surface area contributed by atoms with E-state index in [1.165, 1.54) is 18.6 Å². The Kier molecular flexibility index (Phi) is 6.50. The van der Waals surface area contributed by atoms with E-state index in [4.69, 9.17) is 4.74 Å². The number of hydrogen-bond acceptors (Lipinski definition) is 4. The van der Waals surface area contributed by atoms with Gasteiger partial charge in [-0.1, -0.05) is 60.7 Å². The van der Waals surface area contributed by atoms with Crippen LogP contribution in [0.2, 0.25) is 0 Å². The van der Waals surface area contributed by atoms with Gasteiger partial charge in [0.15, 0.2) is 6.10 Å². The van der Waals surface area contributed by atoms with Gasteiger partial charge in [0, 0.05) is 11.4 Å². The van der Waals surface area contributed by atoms with Crippen molar-refractivity contribution in [1.29, 1.82) is 0 Å². The summed E-state index contributed by atoms with van der Waals surface area (Å²) in [5.41, 5.74) is 1.25. The van der Waals surface area contributed by atoms with Crippen LogP contribution in [0.15, 0.2) is 66.7 Å². The fourth-order valence-corrected chi connectivity index (χ4v) is 3.16. The van der Waals surface area contributed by atoms with Gasteiger partial charge in [0.05, 0.1) is 0 Å². The van der Waals surface area contributed by atoms with Crippen LogP contribution in [0.25, 0.3) is 10.8 Å². The number of aromatic hydroxyl groups is 1. The first-order chi connectivity index (χ1) is 14.0. The minimum absolute atomic E-state index is 0.0421. The van der Waals surface area contributed by atoms with Crippen molar-refractivity contribution in [2.75, 3.05) is 0 Å². The SMILES string of the molecule is C[C@H](OC(=O)c1ccc2ccccc2c1O)C(=O)N[C@@H](C)CCc1ccccc1. The molecular weight excluding hydrogens is 366 g/mol. The van der Waals surface area contributed by atoms with Gasteiger partial charge >= 0.3 is 5.97 Å². The molecule has 0 heterocycles. The summed E-state index contributed by atoms with van der Waals surface area (Å²) in [5.74, 6) is -1.23. The molecule has 0 saturated carbocycles. The smallest absolute Gasteiger partial charge is 0.342 e. The van der Waals surface area contributed by atoms with Gasteiger partial charge in [0.2, 0.25) is 0 Å². The summed E-state index contributed by atoms with van der Waals surface area (Å²) in [6.45, 7) is 3.44. The third-order valence-corrected chi connectivity index (χ3v) is 4.87. The molecule has 2 N–H and O–H groups in total. The van der Waals surface area contributed by atoms with E-state index < -0.39 is 12.1 Å². The predicted octanol–water partition coefficient (Wildman–Crippen LogP) is 4.23. The first-order valence-electron chi connectivity index (χ1n) is 9.71. The Balaban J connectivity index is 1.56. The zero-order valence-electron chi connectivity index (χ0n) is 16.6. The summed E-state index contributed by atoms with van der Waals surface area (Å²) >= 11 is 0. The van der Waals surface area contributed by atoms with Crippen LogP contribution >= 0.6 is 0 Å². The molecule has 0 aliphatic rings. The lowest BCUT2D eigenvalue weighted by Gasteiger charge is -2.18. The molecule has 0 aliphatic heterocycles. The second-order valence-electron chi connectivity index (χ2n) is 7.16. The Bertz CT molecular complexity index is 1000. The topological polar surface area (TPSA) is 75.6 Å². The van der Waals surface area contributed by atoms with Crippen LogP contribution in [-0.2, 0) is 16.0 Å². The van der Waals surface area contributed by atoms with Crippen molar-refractivity contribution in [3.8, 4) is 5.75 Å². The molecule has 0 bridgehead atoms. The normalized spacial score (nSPS) is 12.9. The monoisotopic (exact) mass is 391 g/mol. The van der Waals surface area contributed by atoms with Crippen molar-refractivity contribution in [2.45, 2.75) is 38.8 Å². The second kappa shape index (κ2) is 9.24. The molecule has 1 amide bonds. The van der Waals surface area contributed by atoms with Crippen LogP contribution in [-0.4, -0.2) is 29.1 Å². The third-order valence-electron chi connectivity index (χ3n) is 4.87. The summed E-state index contributed by atoms with van der Waals surface area (Å²) in [4.78, 5) is 24.8. The number of carbonyl (C=O) groups is 2. The molecule has 0 saturated heterocycles. The molecule has 5 heteroatoms. The van der Waals surface area contributed by atoms with E-state index in [9.17, 15) is 14.7 Å². The summed E-state index contributed by atoms with van der Waals surface area (Å²) in [5, 5.41) is 14.6. The van der Waals surface area contributed by atoms with Gasteiger partial charge in [-0.25, -0.2) is 4.79 Å². The van der Waals surface area contributed by atoms with E-state index >= 15 is 0 Å². The van der Waals surface area contributed by atoms with Crippen molar-refractivity contribution in [2.24, 2.45) is 0 Å². The molecule has 2 atom stereocenters. The number of ether oxygens (including phenoxy) is 1.